The molecule has 120 valence electrons. The van der Waals surface area contributed by atoms with Crippen molar-refractivity contribution in [3.63, 3.8) is 0 Å². The van der Waals surface area contributed by atoms with E-state index in [1.807, 2.05) is 25.7 Å². The summed E-state index contributed by atoms with van der Waals surface area (Å²) < 4.78 is 5.35. The number of amides is 2. The third kappa shape index (κ3) is 4.31. The minimum absolute atomic E-state index is 0.00382. The predicted molar refractivity (Wildman–Crippen MR) is 85.8 cm³/mol. The van der Waals surface area contributed by atoms with Crippen LogP contribution in [0.4, 0.5) is 5.69 Å². The zero-order valence-electron chi connectivity index (χ0n) is 13.5. The Bertz CT molecular complexity index is 525. The fourth-order valence-corrected chi connectivity index (χ4v) is 2.47. The molecule has 0 aromatic heterocycles. The molecule has 1 heterocycles. The fourth-order valence-electron chi connectivity index (χ4n) is 2.47. The number of anilines is 1. The Morgan fingerprint density at radius 3 is 2.59 bits per heavy atom. The van der Waals surface area contributed by atoms with Crippen LogP contribution in [0.15, 0.2) is 24.3 Å². The number of nitrogens with one attached hydrogen (secondary N) is 1. The van der Waals surface area contributed by atoms with E-state index in [0.29, 0.717) is 37.7 Å². The smallest absolute Gasteiger partial charge is 0.254 e. The summed E-state index contributed by atoms with van der Waals surface area (Å²) in [7, 11) is 0. The van der Waals surface area contributed by atoms with Gasteiger partial charge in [-0.1, -0.05) is 13.8 Å². The maximum Gasteiger partial charge on any atom is 0.254 e. The van der Waals surface area contributed by atoms with Crippen LogP contribution in [0.25, 0.3) is 0 Å². The molecule has 2 amide bonds. The lowest BCUT2D eigenvalue weighted by Crippen LogP contribution is -2.47. The molecule has 0 bridgehead atoms. The molecule has 1 saturated heterocycles. The number of hydrogen-bond donors (Lipinski definition) is 1. The first-order valence-corrected chi connectivity index (χ1v) is 7.76. The molecule has 0 spiro atoms. The molecule has 0 radical (unpaired) electrons. The highest BCUT2D eigenvalue weighted by molar-refractivity contribution is 5.96. The third-order valence-corrected chi connectivity index (χ3v) is 3.64. The highest BCUT2D eigenvalue weighted by atomic mass is 16.5. The summed E-state index contributed by atoms with van der Waals surface area (Å²) in [6.07, 6.45) is 0.492. The zero-order chi connectivity index (χ0) is 16.1. The number of hydrogen-bond acceptors (Lipinski definition) is 3. The summed E-state index contributed by atoms with van der Waals surface area (Å²) >= 11 is 0. The van der Waals surface area contributed by atoms with E-state index in [2.05, 4.69) is 5.32 Å². The first kappa shape index (κ1) is 16.5. The molecular weight excluding hydrogens is 280 g/mol. The predicted octanol–water partition coefficient (Wildman–Crippen LogP) is 2.53. The van der Waals surface area contributed by atoms with Gasteiger partial charge in [0, 0.05) is 24.2 Å². The van der Waals surface area contributed by atoms with Gasteiger partial charge in [-0.2, -0.15) is 0 Å². The van der Waals surface area contributed by atoms with Gasteiger partial charge in [0.25, 0.3) is 5.91 Å². The van der Waals surface area contributed by atoms with Crippen LogP contribution in [0.2, 0.25) is 0 Å². The number of carbonyl (C=O) groups excluding carboxylic acids is 2. The van der Waals surface area contributed by atoms with Crippen molar-refractivity contribution in [1.29, 1.82) is 0 Å². The molecule has 22 heavy (non-hydrogen) atoms. The van der Waals surface area contributed by atoms with Crippen LogP contribution < -0.4 is 5.32 Å². The van der Waals surface area contributed by atoms with E-state index in [1.54, 1.807) is 24.3 Å². The molecule has 0 saturated carbocycles. The molecule has 5 heteroatoms. The average Bonchev–Trinajstić information content (AvgIpc) is 2.47. The molecule has 1 fully saturated rings. The van der Waals surface area contributed by atoms with Crippen molar-refractivity contribution in [2.24, 2.45) is 5.92 Å². The van der Waals surface area contributed by atoms with E-state index in [0.717, 1.165) is 5.69 Å². The van der Waals surface area contributed by atoms with E-state index in [4.69, 9.17) is 4.74 Å². The Balaban J connectivity index is 1.99. The zero-order valence-corrected chi connectivity index (χ0v) is 13.5. The Kier molecular flexibility index (Phi) is 5.55. The molecule has 5 nitrogen and oxygen atoms in total. The highest BCUT2D eigenvalue weighted by Gasteiger charge is 2.24. The Morgan fingerprint density at radius 1 is 1.32 bits per heavy atom. The molecular formula is C17H24N2O3. The average molecular weight is 304 g/mol. The second-order valence-corrected chi connectivity index (χ2v) is 6.15. The lowest BCUT2D eigenvalue weighted by Gasteiger charge is -2.33. The summed E-state index contributed by atoms with van der Waals surface area (Å²) in [6.45, 7) is 7.77. The van der Waals surface area contributed by atoms with Crippen LogP contribution in [0.3, 0.4) is 0 Å². The van der Waals surface area contributed by atoms with Crippen molar-refractivity contribution < 1.29 is 14.3 Å². The quantitative estimate of drug-likeness (QED) is 0.930. The van der Waals surface area contributed by atoms with Gasteiger partial charge in [-0.25, -0.2) is 0 Å². The van der Waals surface area contributed by atoms with Crippen LogP contribution in [-0.4, -0.2) is 42.5 Å². The summed E-state index contributed by atoms with van der Waals surface area (Å²) in [4.78, 5) is 26.0. The van der Waals surface area contributed by atoms with Gasteiger partial charge in [-0.3, -0.25) is 9.59 Å². The van der Waals surface area contributed by atoms with Crippen molar-refractivity contribution in [3.05, 3.63) is 29.8 Å². The van der Waals surface area contributed by atoms with Gasteiger partial charge in [0.1, 0.15) is 0 Å². The number of nitrogens with zero attached hydrogens (tertiary/aromatic N) is 1. The maximum absolute atomic E-state index is 12.5. The first-order valence-electron chi connectivity index (χ1n) is 7.76. The van der Waals surface area contributed by atoms with Gasteiger partial charge in [0.15, 0.2) is 0 Å². The Morgan fingerprint density at radius 2 is 2.00 bits per heavy atom. The molecule has 1 unspecified atom stereocenters. The highest BCUT2D eigenvalue weighted by Crippen LogP contribution is 2.15. The van der Waals surface area contributed by atoms with Gasteiger partial charge in [0.2, 0.25) is 5.91 Å². The van der Waals surface area contributed by atoms with Crippen LogP contribution in [-0.2, 0) is 9.53 Å². The van der Waals surface area contributed by atoms with Gasteiger partial charge >= 0.3 is 0 Å². The van der Waals surface area contributed by atoms with Crippen LogP contribution in [0, 0.1) is 5.92 Å². The summed E-state index contributed by atoms with van der Waals surface area (Å²) in [6, 6.07) is 7.16. The Hall–Kier alpha value is -1.88. The summed E-state index contributed by atoms with van der Waals surface area (Å²) in [5.74, 6) is 0.329. The standard InChI is InChI=1S/C17H24N2O3/c1-12(2)10-16(20)18-15-6-4-14(5-7-15)17(21)19-8-9-22-11-13(19)3/h4-7,12-13H,8-11H2,1-3H3,(H,18,20). The topological polar surface area (TPSA) is 58.6 Å². The van der Waals surface area contributed by atoms with E-state index < -0.39 is 0 Å². The molecule has 1 aromatic rings. The van der Waals surface area contributed by atoms with Gasteiger partial charge in [-0.15, -0.1) is 0 Å². The number of benzene rings is 1. The third-order valence-electron chi connectivity index (χ3n) is 3.64. The lowest BCUT2D eigenvalue weighted by atomic mass is 10.1. The van der Waals surface area contributed by atoms with Crippen LogP contribution in [0.1, 0.15) is 37.6 Å². The first-order chi connectivity index (χ1) is 10.5. The second kappa shape index (κ2) is 7.40. The Labute approximate surface area is 131 Å². The molecule has 1 aliphatic rings. The van der Waals surface area contributed by atoms with E-state index in [-0.39, 0.29) is 17.9 Å². The van der Waals surface area contributed by atoms with Gasteiger partial charge < -0.3 is 15.0 Å². The minimum Gasteiger partial charge on any atom is -0.377 e. The van der Waals surface area contributed by atoms with Crippen LogP contribution in [0.5, 0.6) is 0 Å². The maximum atomic E-state index is 12.5. The SMILES string of the molecule is CC(C)CC(=O)Nc1ccc(C(=O)N2CCOCC2C)cc1. The number of ether oxygens (including phenoxy) is 1. The molecule has 1 aromatic carbocycles. The van der Waals surface area contributed by atoms with Crippen molar-refractivity contribution >= 4 is 17.5 Å². The number of rotatable bonds is 4. The summed E-state index contributed by atoms with van der Waals surface area (Å²) in [5, 5.41) is 2.84. The fraction of sp³-hybridized carbons (Fsp3) is 0.529. The lowest BCUT2D eigenvalue weighted by molar-refractivity contribution is -0.116. The van der Waals surface area contributed by atoms with Crippen molar-refractivity contribution in [2.75, 3.05) is 25.1 Å². The molecule has 1 aliphatic heterocycles. The van der Waals surface area contributed by atoms with Crippen molar-refractivity contribution in [2.45, 2.75) is 33.2 Å². The molecule has 1 atom stereocenters. The molecule has 0 aliphatic carbocycles. The summed E-state index contributed by atoms with van der Waals surface area (Å²) in [5.41, 5.74) is 1.35. The molecule has 1 N–H and O–H groups in total. The second-order valence-electron chi connectivity index (χ2n) is 6.15. The van der Waals surface area contributed by atoms with Crippen molar-refractivity contribution in [1.82, 2.24) is 4.90 Å². The van der Waals surface area contributed by atoms with E-state index in [1.165, 1.54) is 0 Å². The number of morpholine rings is 1. The van der Waals surface area contributed by atoms with Gasteiger partial charge in [0.05, 0.1) is 19.3 Å². The monoisotopic (exact) mass is 304 g/mol. The largest absolute Gasteiger partial charge is 0.377 e. The van der Waals surface area contributed by atoms with Crippen molar-refractivity contribution in [3.8, 4) is 0 Å². The minimum atomic E-state index is -0.00382. The normalized spacial score (nSPS) is 18.4. The van der Waals surface area contributed by atoms with Crippen LogP contribution >= 0.6 is 0 Å². The van der Waals surface area contributed by atoms with Gasteiger partial charge in [-0.05, 0) is 37.1 Å². The van der Waals surface area contributed by atoms with E-state index >= 15 is 0 Å². The number of carbonyl (C=O) groups is 2. The van der Waals surface area contributed by atoms with E-state index in [9.17, 15) is 9.59 Å². The molecule has 2 rings (SSSR count).